The summed E-state index contributed by atoms with van der Waals surface area (Å²) >= 11 is 0. The van der Waals surface area contributed by atoms with Gasteiger partial charge in [0.25, 0.3) is 0 Å². The van der Waals surface area contributed by atoms with Gasteiger partial charge in [-0.3, -0.25) is 4.98 Å². The molecule has 0 saturated carbocycles. The van der Waals surface area contributed by atoms with Crippen molar-refractivity contribution in [1.82, 2.24) is 15.0 Å². The molecule has 0 aliphatic carbocycles. The molecular formula is C16H17N5O. The summed E-state index contributed by atoms with van der Waals surface area (Å²) in [6.45, 7) is 1.46. The van der Waals surface area contributed by atoms with Crippen LogP contribution in [0.1, 0.15) is 30.1 Å². The van der Waals surface area contributed by atoms with Crippen molar-refractivity contribution in [2.45, 2.75) is 24.9 Å². The number of nitriles is 1. The van der Waals surface area contributed by atoms with Crippen molar-refractivity contribution in [3.63, 3.8) is 0 Å². The van der Waals surface area contributed by atoms with Gasteiger partial charge in [0.2, 0.25) is 5.95 Å². The van der Waals surface area contributed by atoms with Crippen molar-refractivity contribution < 1.29 is 5.11 Å². The Kier molecular flexibility index (Phi) is 4.26. The van der Waals surface area contributed by atoms with Crippen LogP contribution in [0.4, 0.5) is 5.95 Å². The molecule has 0 amide bonds. The molecule has 2 aromatic heterocycles. The summed E-state index contributed by atoms with van der Waals surface area (Å²) in [5, 5.41) is 19.1. The van der Waals surface area contributed by atoms with Gasteiger partial charge in [-0.2, -0.15) is 5.26 Å². The van der Waals surface area contributed by atoms with Gasteiger partial charge < -0.3 is 10.0 Å². The summed E-state index contributed by atoms with van der Waals surface area (Å²) in [5.41, 5.74) is 1.33. The topological polar surface area (TPSA) is 85.9 Å². The van der Waals surface area contributed by atoms with E-state index in [2.05, 4.69) is 21.0 Å². The van der Waals surface area contributed by atoms with E-state index in [9.17, 15) is 10.4 Å². The number of pyridine rings is 1. The number of piperidine rings is 1. The van der Waals surface area contributed by atoms with E-state index in [1.54, 1.807) is 18.5 Å². The largest absolute Gasteiger partial charge is 0.393 e. The molecule has 0 radical (unpaired) electrons. The lowest BCUT2D eigenvalue weighted by atomic mass is 10.0. The number of anilines is 1. The third-order valence-corrected chi connectivity index (χ3v) is 3.82. The minimum absolute atomic E-state index is 0.236. The smallest absolute Gasteiger partial charge is 0.225 e. The molecule has 1 aliphatic rings. The third-order valence-electron chi connectivity index (χ3n) is 3.82. The zero-order valence-corrected chi connectivity index (χ0v) is 12.1. The Morgan fingerprint density at radius 1 is 1.14 bits per heavy atom. The molecule has 0 spiro atoms. The van der Waals surface area contributed by atoms with E-state index in [1.807, 2.05) is 23.1 Å². The second-order valence-electron chi connectivity index (χ2n) is 5.32. The first kappa shape index (κ1) is 14.4. The van der Waals surface area contributed by atoms with Crippen molar-refractivity contribution in [2.75, 3.05) is 18.0 Å². The van der Waals surface area contributed by atoms with Gasteiger partial charge in [-0.05, 0) is 31.0 Å². The van der Waals surface area contributed by atoms with Crippen LogP contribution in [0, 0.1) is 11.3 Å². The van der Waals surface area contributed by atoms with Crippen molar-refractivity contribution >= 4 is 5.95 Å². The Morgan fingerprint density at radius 2 is 1.95 bits per heavy atom. The Morgan fingerprint density at radius 3 is 2.64 bits per heavy atom. The number of hydrogen-bond donors (Lipinski definition) is 1. The van der Waals surface area contributed by atoms with Crippen LogP contribution in [0.3, 0.4) is 0 Å². The monoisotopic (exact) mass is 295 g/mol. The van der Waals surface area contributed by atoms with E-state index in [0.717, 1.165) is 25.9 Å². The van der Waals surface area contributed by atoms with Crippen LogP contribution in [0.5, 0.6) is 0 Å². The van der Waals surface area contributed by atoms with Crippen LogP contribution in [-0.4, -0.2) is 39.3 Å². The molecule has 2 aromatic rings. The molecule has 1 aliphatic heterocycles. The minimum Gasteiger partial charge on any atom is -0.393 e. The lowest BCUT2D eigenvalue weighted by Crippen LogP contribution is -2.37. The Hall–Kier alpha value is -2.52. The molecule has 1 fully saturated rings. The van der Waals surface area contributed by atoms with Crippen LogP contribution in [0.25, 0.3) is 0 Å². The van der Waals surface area contributed by atoms with Crippen molar-refractivity contribution in [3.05, 3.63) is 48.0 Å². The molecule has 1 atom stereocenters. The average molecular weight is 295 g/mol. The third kappa shape index (κ3) is 3.05. The van der Waals surface area contributed by atoms with Gasteiger partial charge in [-0.1, -0.05) is 6.07 Å². The average Bonchev–Trinajstić information content (AvgIpc) is 2.57. The van der Waals surface area contributed by atoms with E-state index in [1.165, 1.54) is 0 Å². The van der Waals surface area contributed by atoms with Gasteiger partial charge in [-0.25, -0.2) is 9.97 Å². The molecule has 1 N–H and O–H groups in total. The van der Waals surface area contributed by atoms with Crippen LogP contribution in [-0.2, 0) is 0 Å². The van der Waals surface area contributed by atoms with Crippen LogP contribution in [0.15, 0.2) is 36.7 Å². The number of rotatable bonds is 3. The minimum atomic E-state index is -0.502. The highest BCUT2D eigenvalue weighted by atomic mass is 16.3. The zero-order valence-electron chi connectivity index (χ0n) is 12.1. The normalized spacial score (nSPS) is 17.0. The molecule has 1 saturated heterocycles. The molecule has 3 heterocycles. The number of aromatic nitrogens is 3. The van der Waals surface area contributed by atoms with Crippen molar-refractivity contribution in [3.8, 4) is 6.07 Å². The summed E-state index contributed by atoms with van der Waals surface area (Å²) in [7, 11) is 0. The second kappa shape index (κ2) is 6.50. The fraction of sp³-hybridized carbons (Fsp3) is 0.375. The first-order valence-corrected chi connectivity index (χ1v) is 7.34. The Balaban J connectivity index is 1.86. The maximum Gasteiger partial charge on any atom is 0.225 e. The summed E-state index contributed by atoms with van der Waals surface area (Å²) in [5.74, 6) is 0.110. The van der Waals surface area contributed by atoms with Crippen LogP contribution < -0.4 is 4.90 Å². The quantitative estimate of drug-likeness (QED) is 0.923. The predicted octanol–water partition coefficient (Wildman–Crippen LogP) is 1.49. The van der Waals surface area contributed by atoms with Gasteiger partial charge in [0, 0.05) is 25.5 Å². The fourth-order valence-corrected chi connectivity index (χ4v) is 2.57. The molecule has 0 aromatic carbocycles. The highest BCUT2D eigenvalue weighted by Crippen LogP contribution is 2.23. The number of nitrogens with zero attached hydrogens (tertiary/aromatic N) is 5. The summed E-state index contributed by atoms with van der Waals surface area (Å²) in [6.07, 6.45) is 4.55. The SMILES string of the molecule is N#CC(c1ccccn1)c1ccnc(N2CCC(O)CC2)n1. The fourth-order valence-electron chi connectivity index (χ4n) is 2.57. The van der Waals surface area contributed by atoms with Crippen molar-refractivity contribution in [1.29, 1.82) is 5.26 Å². The first-order chi connectivity index (χ1) is 10.8. The maximum absolute atomic E-state index is 9.58. The standard InChI is InChI=1S/C16H17N5O/c17-11-13(14-3-1-2-7-18-14)15-4-8-19-16(20-15)21-9-5-12(22)6-10-21/h1-4,7-8,12-13,22H,5-6,9-10H2. The van der Waals surface area contributed by atoms with E-state index < -0.39 is 5.92 Å². The zero-order chi connectivity index (χ0) is 15.4. The molecule has 112 valence electrons. The van der Waals surface area contributed by atoms with Gasteiger partial charge in [0.1, 0.15) is 5.92 Å². The summed E-state index contributed by atoms with van der Waals surface area (Å²) < 4.78 is 0. The molecular weight excluding hydrogens is 278 g/mol. The lowest BCUT2D eigenvalue weighted by molar-refractivity contribution is 0.145. The predicted molar refractivity (Wildman–Crippen MR) is 81.2 cm³/mol. The Labute approximate surface area is 129 Å². The highest BCUT2D eigenvalue weighted by molar-refractivity contribution is 5.36. The van der Waals surface area contributed by atoms with Crippen LogP contribution >= 0.6 is 0 Å². The molecule has 3 rings (SSSR count). The summed E-state index contributed by atoms with van der Waals surface area (Å²) in [4.78, 5) is 15.1. The van der Waals surface area contributed by atoms with Crippen molar-refractivity contribution in [2.24, 2.45) is 0 Å². The number of hydrogen-bond acceptors (Lipinski definition) is 6. The van der Waals surface area contributed by atoms with Gasteiger partial charge >= 0.3 is 0 Å². The molecule has 0 bridgehead atoms. The van der Waals surface area contributed by atoms with E-state index in [0.29, 0.717) is 17.3 Å². The molecule has 6 nitrogen and oxygen atoms in total. The lowest BCUT2D eigenvalue weighted by Gasteiger charge is -2.29. The van der Waals surface area contributed by atoms with Crippen LogP contribution in [0.2, 0.25) is 0 Å². The van der Waals surface area contributed by atoms with E-state index in [4.69, 9.17) is 0 Å². The maximum atomic E-state index is 9.58. The van der Waals surface area contributed by atoms with E-state index >= 15 is 0 Å². The molecule has 6 heteroatoms. The van der Waals surface area contributed by atoms with Gasteiger partial charge in [0.15, 0.2) is 0 Å². The summed E-state index contributed by atoms with van der Waals surface area (Å²) in [6, 6.07) is 9.53. The van der Waals surface area contributed by atoms with E-state index in [-0.39, 0.29) is 6.10 Å². The van der Waals surface area contributed by atoms with Gasteiger partial charge in [-0.15, -0.1) is 0 Å². The second-order valence-corrected chi connectivity index (χ2v) is 5.32. The highest BCUT2D eigenvalue weighted by Gasteiger charge is 2.21. The number of aliphatic hydroxyl groups is 1. The Bertz CT molecular complexity index is 662. The first-order valence-electron chi connectivity index (χ1n) is 7.34. The van der Waals surface area contributed by atoms with Gasteiger partial charge in [0.05, 0.1) is 23.6 Å². The molecule has 22 heavy (non-hydrogen) atoms. The number of aliphatic hydroxyl groups excluding tert-OH is 1. The molecule has 1 unspecified atom stereocenters.